The topological polar surface area (TPSA) is 80.9 Å². The second-order valence-electron chi connectivity index (χ2n) is 7.22. The molecule has 0 amide bonds. The van der Waals surface area contributed by atoms with E-state index >= 15 is 0 Å². The second-order valence-corrected chi connectivity index (χ2v) is 7.61. The van der Waals surface area contributed by atoms with E-state index in [4.69, 9.17) is 17.3 Å². The number of H-pyrrole nitrogens is 1. The molecule has 0 atom stereocenters. The quantitative estimate of drug-likeness (QED) is 0.311. The van der Waals surface area contributed by atoms with Gasteiger partial charge in [0.05, 0.1) is 23.3 Å². The van der Waals surface area contributed by atoms with Crippen LogP contribution in [0.25, 0.3) is 28.2 Å². The van der Waals surface area contributed by atoms with Crippen LogP contribution in [0.2, 0.25) is 0 Å². The Balaban J connectivity index is 1.52. The largest absolute Gasteiger partial charge is 0.293 e. The van der Waals surface area contributed by atoms with Gasteiger partial charge in [0.1, 0.15) is 6.20 Å². The number of hydrogen-bond donors (Lipinski definition) is 1. The fourth-order valence-corrected chi connectivity index (χ4v) is 3.61. The molecule has 0 aliphatic heterocycles. The molecule has 5 aromatic rings. The van der Waals surface area contributed by atoms with E-state index in [-0.39, 0.29) is 4.77 Å². The maximum atomic E-state index is 11.9. The van der Waals surface area contributed by atoms with Gasteiger partial charge in [0.25, 0.3) is 5.56 Å². The Labute approximate surface area is 194 Å². The van der Waals surface area contributed by atoms with Gasteiger partial charge in [-0.25, -0.2) is 4.68 Å². The number of aromatic nitrogens is 5. The number of hydrogen-bond acceptors (Lipinski definition) is 5. The molecular weight excluding hydrogens is 432 g/mol. The Morgan fingerprint density at radius 2 is 1.55 bits per heavy atom. The van der Waals surface area contributed by atoms with Crippen LogP contribution < -0.4 is 5.56 Å². The smallest absolute Gasteiger partial charge is 0.265 e. The van der Waals surface area contributed by atoms with Crippen LogP contribution in [0.4, 0.5) is 0 Å². The van der Waals surface area contributed by atoms with Crippen molar-refractivity contribution in [2.24, 2.45) is 5.10 Å². The predicted molar refractivity (Wildman–Crippen MR) is 131 cm³/mol. The van der Waals surface area contributed by atoms with E-state index in [1.54, 1.807) is 6.21 Å². The molecule has 2 aromatic heterocycles. The third-order valence-corrected chi connectivity index (χ3v) is 5.31. The first-order valence-electron chi connectivity index (χ1n) is 10.2. The third kappa shape index (κ3) is 4.32. The van der Waals surface area contributed by atoms with E-state index in [0.717, 1.165) is 44.6 Å². The molecule has 0 fully saturated rings. The minimum Gasteiger partial charge on any atom is -0.265 e. The molecule has 8 heteroatoms. The molecule has 33 heavy (non-hydrogen) atoms. The van der Waals surface area contributed by atoms with Crippen molar-refractivity contribution in [2.45, 2.75) is 0 Å². The average Bonchev–Trinajstić information content (AvgIpc) is 3.31. The van der Waals surface area contributed by atoms with Crippen LogP contribution in [0.15, 0.2) is 107 Å². The lowest BCUT2D eigenvalue weighted by Crippen LogP contribution is -2.18. The van der Waals surface area contributed by atoms with Gasteiger partial charge in [-0.15, -0.1) is 0 Å². The van der Waals surface area contributed by atoms with Crippen molar-refractivity contribution in [3.05, 3.63) is 118 Å². The van der Waals surface area contributed by atoms with Gasteiger partial charge in [-0.1, -0.05) is 72.8 Å². The van der Waals surface area contributed by atoms with Crippen molar-refractivity contribution in [3.63, 3.8) is 0 Å². The van der Waals surface area contributed by atoms with Crippen LogP contribution in [0.5, 0.6) is 0 Å². The summed E-state index contributed by atoms with van der Waals surface area (Å²) < 4.78 is 3.15. The zero-order chi connectivity index (χ0) is 22.6. The van der Waals surface area contributed by atoms with Crippen molar-refractivity contribution in [1.82, 2.24) is 24.7 Å². The van der Waals surface area contributed by atoms with E-state index in [9.17, 15) is 4.79 Å². The van der Waals surface area contributed by atoms with Crippen LogP contribution in [0, 0.1) is 4.77 Å². The number of nitrogens with one attached hydrogen (secondary N) is 1. The molecule has 0 saturated heterocycles. The first-order chi connectivity index (χ1) is 16.2. The summed E-state index contributed by atoms with van der Waals surface area (Å²) in [4.78, 5) is 11.9. The van der Waals surface area contributed by atoms with Crippen molar-refractivity contribution >= 4 is 18.4 Å². The van der Waals surface area contributed by atoms with Crippen LogP contribution in [0.3, 0.4) is 0 Å². The summed E-state index contributed by atoms with van der Waals surface area (Å²) >= 11 is 5.06. The zero-order valence-electron chi connectivity index (χ0n) is 17.4. The highest BCUT2D eigenvalue weighted by Gasteiger charge is 2.13. The lowest BCUT2D eigenvalue weighted by molar-refractivity contribution is 0.738. The Kier molecular flexibility index (Phi) is 5.57. The number of rotatable bonds is 5. The van der Waals surface area contributed by atoms with E-state index in [2.05, 4.69) is 33.5 Å². The molecule has 0 saturated carbocycles. The molecule has 0 aliphatic carbocycles. The summed E-state index contributed by atoms with van der Waals surface area (Å²) in [7, 11) is 0. The SMILES string of the molecule is O=c1cn[nH]c(=S)n1/N=C\c1ccc(-n2nc(-c3ccccc3)cc2-c2ccccc2)cc1. The maximum Gasteiger partial charge on any atom is 0.293 e. The normalized spacial score (nSPS) is 11.2. The van der Waals surface area contributed by atoms with Crippen LogP contribution in [-0.2, 0) is 0 Å². The molecular formula is C25H18N6OS. The molecule has 0 unspecified atom stereocenters. The van der Waals surface area contributed by atoms with Gasteiger partial charge in [0.2, 0.25) is 4.77 Å². The van der Waals surface area contributed by atoms with E-state index in [0.29, 0.717) is 0 Å². The molecule has 3 aromatic carbocycles. The van der Waals surface area contributed by atoms with Gasteiger partial charge in [-0.05, 0) is 36.0 Å². The highest BCUT2D eigenvalue weighted by atomic mass is 32.1. The lowest BCUT2D eigenvalue weighted by atomic mass is 10.1. The minimum absolute atomic E-state index is 0.132. The van der Waals surface area contributed by atoms with Crippen LogP contribution in [-0.4, -0.2) is 30.9 Å². The molecule has 160 valence electrons. The molecule has 7 nitrogen and oxygen atoms in total. The van der Waals surface area contributed by atoms with Gasteiger partial charge in [-0.3, -0.25) is 9.89 Å². The second kappa shape index (κ2) is 8.97. The van der Waals surface area contributed by atoms with Crippen molar-refractivity contribution < 1.29 is 0 Å². The van der Waals surface area contributed by atoms with Crippen molar-refractivity contribution in [2.75, 3.05) is 0 Å². The lowest BCUT2D eigenvalue weighted by Gasteiger charge is -2.08. The fourth-order valence-electron chi connectivity index (χ4n) is 3.42. The number of nitrogens with zero attached hydrogens (tertiary/aromatic N) is 5. The summed E-state index contributed by atoms with van der Waals surface area (Å²) in [6.07, 6.45) is 2.70. The molecule has 0 bridgehead atoms. The molecule has 5 rings (SSSR count). The summed E-state index contributed by atoms with van der Waals surface area (Å²) in [6.45, 7) is 0. The fraction of sp³-hybridized carbons (Fsp3) is 0. The van der Waals surface area contributed by atoms with Gasteiger partial charge < -0.3 is 0 Å². The molecule has 1 N–H and O–H groups in total. The van der Waals surface area contributed by atoms with Gasteiger partial charge >= 0.3 is 0 Å². The Morgan fingerprint density at radius 1 is 0.879 bits per heavy atom. The first kappa shape index (κ1) is 20.5. The number of aromatic amines is 1. The van der Waals surface area contributed by atoms with Gasteiger partial charge in [-0.2, -0.15) is 20.0 Å². The van der Waals surface area contributed by atoms with E-state index in [1.165, 1.54) is 0 Å². The van der Waals surface area contributed by atoms with Gasteiger partial charge in [0, 0.05) is 11.1 Å². The Bertz CT molecular complexity index is 1510. The molecule has 0 aliphatic rings. The third-order valence-electron chi connectivity index (χ3n) is 5.04. The maximum absolute atomic E-state index is 11.9. The first-order valence-corrected chi connectivity index (χ1v) is 10.6. The molecule has 0 spiro atoms. The Morgan fingerprint density at radius 3 is 2.21 bits per heavy atom. The monoisotopic (exact) mass is 450 g/mol. The highest BCUT2D eigenvalue weighted by molar-refractivity contribution is 7.71. The van der Waals surface area contributed by atoms with E-state index in [1.807, 2.05) is 77.5 Å². The summed E-state index contributed by atoms with van der Waals surface area (Å²) in [6, 6.07) is 30.1. The van der Waals surface area contributed by atoms with Crippen molar-refractivity contribution in [1.29, 1.82) is 0 Å². The molecule has 0 radical (unpaired) electrons. The standard InChI is InChI=1S/C25H18N6OS/c32-24-17-26-28-25(33)31(24)27-16-18-11-13-21(14-12-18)30-23(20-9-5-2-6-10-20)15-22(29-30)19-7-3-1-4-8-19/h1-17H,(H,28,33)/b27-16-. The summed E-state index contributed by atoms with van der Waals surface area (Å²) in [5.41, 5.74) is 5.33. The minimum atomic E-state index is -0.399. The van der Waals surface area contributed by atoms with Crippen LogP contribution in [0.1, 0.15) is 5.56 Å². The zero-order valence-corrected chi connectivity index (χ0v) is 18.2. The van der Waals surface area contributed by atoms with Crippen molar-refractivity contribution in [3.8, 4) is 28.2 Å². The highest BCUT2D eigenvalue weighted by Crippen LogP contribution is 2.28. The number of benzene rings is 3. The molecule has 2 heterocycles. The Hall–Kier alpha value is -4.43. The van der Waals surface area contributed by atoms with Crippen LogP contribution >= 0.6 is 12.2 Å². The van der Waals surface area contributed by atoms with E-state index < -0.39 is 5.56 Å². The predicted octanol–water partition coefficient (Wildman–Crippen LogP) is 4.70. The summed E-state index contributed by atoms with van der Waals surface area (Å²) in [5.74, 6) is 0. The van der Waals surface area contributed by atoms with Gasteiger partial charge in [0.15, 0.2) is 0 Å². The average molecular weight is 451 g/mol. The summed E-state index contributed by atoms with van der Waals surface area (Å²) in [5, 5.41) is 15.3.